The lowest BCUT2D eigenvalue weighted by Crippen LogP contribution is -2.42. The summed E-state index contributed by atoms with van der Waals surface area (Å²) in [5.41, 5.74) is 3.43. The predicted molar refractivity (Wildman–Crippen MR) is 137 cm³/mol. The first-order valence-electron chi connectivity index (χ1n) is 11.5. The number of rotatable bonds is 6. The lowest BCUT2D eigenvalue weighted by Gasteiger charge is -2.14. The summed E-state index contributed by atoms with van der Waals surface area (Å²) < 4.78 is 8.39. The smallest absolute Gasteiger partial charge is 0.332 e. The molecule has 7 heteroatoms. The summed E-state index contributed by atoms with van der Waals surface area (Å²) in [5, 5.41) is 3.55. The molecule has 0 atom stereocenters. The van der Waals surface area contributed by atoms with E-state index in [0.29, 0.717) is 22.9 Å². The summed E-state index contributed by atoms with van der Waals surface area (Å²) in [6.07, 6.45) is 0.496. The maximum atomic E-state index is 13.6. The molecule has 0 unspecified atom stereocenters. The lowest BCUT2D eigenvalue weighted by atomic mass is 10.1. The first-order chi connectivity index (χ1) is 16.9. The molecule has 0 saturated heterocycles. The second-order valence-corrected chi connectivity index (χ2v) is 8.65. The normalized spacial score (nSPS) is 11.3. The Morgan fingerprint density at radius 3 is 2.29 bits per heavy atom. The van der Waals surface area contributed by atoms with Crippen LogP contribution in [0.2, 0.25) is 0 Å². The molecule has 1 amide bonds. The van der Waals surface area contributed by atoms with Gasteiger partial charge in [0.1, 0.15) is 17.6 Å². The Morgan fingerprint density at radius 2 is 1.54 bits per heavy atom. The molecule has 1 N–H and O–H groups in total. The summed E-state index contributed by atoms with van der Waals surface area (Å²) >= 11 is 0. The highest BCUT2D eigenvalue weighted by atomic mass is 16.3. The van der Waals surface area contributed by atoms with Gasteiger partial charge >= 0.3 is 5.69 Å². The van der Waals surface area contributed by atoms with Crippen LogP contribution in [0.3, 0.4) is 0 Å². The molecule has 0 aliphatic carbocycles. The van der Waals surface area contributed by atoms with Crippen molar-refractivity contribution in [3.05, 3.63) is 110 Å². The van der Waals surface area contributed by atoms with Gasteiger partial charge in [-0.05, 0) is 49.1 Å². The van der Waals surface area contributed by atoms with E-state index >= 15 is 0 Å². The van der Waals surface area contributed by atoms with Crippen molar-refractivity contribution in [1.82, 2.24) is 9.13 Å². The highest BCUT2D eigenvalue weighted by Gasteiger charge is 2.21. The minimum atomic E-state index is -0.540. The number of hydrogen-bond donors (Lipinski definition) is 1. The van der Waals surface area contributed by atoms with Gasteiger partial charge < -0.3 is 9.73 Å². The first kappa shape index (κ1) is 22.4. The van der Waals surface area contributed by atoms with E-state index in [9.17, 15) is 14.4 Å². The fraction of sp³-hybridized carbons (Fsp3) is 0.179. The van der Waals surface area contributed by atoms with E-state index in [4.69, 9.17) is 4.42 Å². The molecule has 176 valence electrons. The number of nitrogens with one attached hydrogen (secondary N) is 1. The minimum absolute atomic E-state index is 0.0683. The van der Waals surface area contributed by atoms with Crippen molar-refractivity contribution in [3.8, 4) is 0 Å². The summed E-state index contributed by atoms with van der Waals surface area (Å²) in [6, 6.07) is 22.5. The molecule has 0 fully saturated rings. The lowest BCUT2D eigenvalue weighted by molar-refractivity contribution is -0.116. The van der Waals surface area contributed by atoms with Crippen molar-refractivity contribution >= 4 is 33.7 Å². The molecule has 0 aliphatic heterocycles. The number of benzene rings is 3. The fourth-order valence-electron chi connectivity index (χ4n) is 4.46. The number of fused-ring (bicyclic) bond motifs is 3. The molecule has 5 aromatic rings. The third-order valence-corrected chi connectivity index (χ3v) is 6.25. The van der Waals surface area contributed by atoms with Gasteiger partial charge in [0, 0.05) is 17.6 Å². The van der Waals surface area contributed by atoms with Gasteiger partial charge in [0.2, 0.25) is 11.5 Å². The number of carbonyl (C=O) groups excluding carboxylic acids is 1. The number of nitrogens with zero attached hydrogens (tertiary/aromatic N) is 2. The predicted octanol–water partition coefficient (Wildman–Crippen LogP) is 4.41. The highest BCUT2D eigenvalue weighted by molar-refractivity contribution is 6.03. The Hall–Kier alpha value is -4.39. The average Bonchev–Trinajstić information content (AvgIpc) is 3.25. The molecular formula is C28H25N3O4. The number of para-hydroxylation sites is 2. The zero-order valence-corrected chi connectivity index (χ0v) is 19.6. The Labute approximate surface area is 201 Å². The topological polar surface area (TPSA) is 86.2 Å². The van der Waals surface area contributed by atoms with Crippen LogP contribution in [0.5, 0.6) is 0 Å². The van der Waals surface area contributed by atoms with Crippen LogP contribution in [-0.2, 0) is 24.3 Å². The summed E-state index contributed by atoms with van der Waals surface area (Å²) in [7, 11) is 0. The Bertz CT molecular complexity index is 1660. The van der Waals surface area contributed by atoms with Crippen molar-refractivity contribution in [3.63, 3.8) is 0 Å². The van der Waals surface area contributed by atoms with Crippen LogP contribution >= 0.6 is 0 Å². The number of hydrogen-bond acceptors (Lipinski definition) is 4. The summed E-state index contributed by atoms with van der Waals surface area (Å²) in [5.74, 6) is -0.357. The molecule has 3 aromatic carbocycles. The van der Waals surface area contributed by atoms with Crippen molar-refractivity contribution in [2.24, 2.45) is 0 Å². The highest BCUT2D eigenvalue weighted by Crippen LogP contribution is 2.26. The Morgan fingerprint density at radius 1 is 0.857 bits per heavy atom. The molecule has 2 heterocycles. The average molecular weight is 468 g/mol. The number of furan rings is 1. The maximum absolute atomic E-state index is 13.6. The van der Waals surface area contributed by atoms with Crippen LogP contribution in [0.4, 0.5) is 5.69 Å². The first-order valence-corrected chi connectivity index (χ1v) is 11.5. The van der Waals surface area contributed by atoms with E-state index in [1.54, 1.807) is 18.2 Å². The van der Waals surface area contributed by atoms with Gasteiger partial charge in [-0.3, -0.25) is 18.7 Å². The van der Waals surface area contributed by atoms with Crippen LogP contribution in [0.25, 0.3) is 22.1 Å². The van der Waals surface area contributed by atoms with Crippen LogP contribution in [0, 0.1) is 13.8 Å². The summed E-state index contributed by atoms with van der Waals surface area (Å²) in [4.78, 5) is 40.0. The monoisotopic (exact) mass is 467 g/mol. The SMILES string of the molecule is Cc1cccc(C)c1NC(=O)Cn1c(=O)n(CCc2ccccc2)c(=O)c2oc3ccccc3c21. The molecule has 0 spiro atoms. The molecule has 0 aliphatic rings. The third-order valence-electron chi connectivity index (χ3n) is 6.25. The molecule has 7 nitrogen and oxygen atoms in total. The van der Waals surface area contributed by atoms with Gasteiger partial charge in [-0.1, -0.05) is 60.7 Å². The quantitative estimate of drug-likeness (QED) is 0.401. The zero-order chi connectivity index (χ0) is 24.5. The van der Waals surface area contributed by atoms with Crippen molar-refractivity contribution in [1.29, 1.82) is 0 Å². The van der Waals surface area contributed by atoms with Crippen LogP contribution in [-0.4, -0.2) is 15.0 Å². The number of aryl methyl sites for hydroxylation is 3. The molecule has 0 radical (unpaired) electrons. The third kappa shape index (κ3) is 4.17. The van der Waals surface area contributed by atoms with E-state index in [-0.39, 0.29) is 24.6 Å². The second-order valence-electron chi connectivity index (χ2n) is 8.65. The molecule has 0 saturated carbocycles. The van der Waals surface area contributed by atoms with Gasteiger partial charge in [-0.15, -0.1) is 0 Å². The fourth-order valence-corrected chi connectivity index (χ4v) is 4.46. The standard InChI is InChI=1S/C28H25N3O4/c1-18-9-8-10-19(2)24(18)29-23(32)17-31-25-21-13-6-7-14-22(21)35-26(25)27(33)30(28(31)34)16-15-20-11-4-3-5-12-20/h3-14H,15-17H2,1-2H3,(H,29,32). The van der Waals surface area contributed by atoms with Crippen molar-refractivity contribution in [2.75, 3.05) is 5.32 Å². The second kappa shape index (κ2) is 9.10. The van der Waals surface area contributed by atoms with E-state index in [2.05, 4.69) is 5.32 Å². The number of aromatic nitrogens is 2. The van der Waals surface area contributed by atoms with Crippen molar-refractivity contribution in [2.45, 2.75) is 33.4 Å². The Kier molecular flexibility index (Phi) is 5.82. The largest absolute Gasteiger partial charge is 0.449 e. The minimum Gasteiger partial charge on any atom is -0.449 e. The maximum Gasteiger partial charge on any atom is 0.332 e. The van der Waals surface area contributed by atoms with Gasteiger partial charge in [0.15, 0.2) is 0 Å². The number of anilines is 1. The van der Waals surface area contributed by atoms with Gasteiger partial charge in [-0.2, -0.15) is 0 Å². The van der Waals surface area contributed by atoms with E-state index in [1.807, 2.05) is 68.4 Å². The molecule has 2 aromatic heterocycles. The van der Waals surface area contributed by atoms with Gasteiger partial charge in [-0.25, -0.2) is 4.79 Å². The van der Waals surface area contributed by atoms with Crippen LogP contribution < -0.4 is 16.6 Å². The van der Waals surface area contributed by atoms with E-state index in [0.717, 1.165) is 26.9 Å². The summed E-state index contributed by atoms with van der Waals surface area (Å²) in [6.45, 7) is 3.76. The molecule has 5 rings (SSSR count). The van der Waals surface area contributed by atoms with Gasteiger partial charge in [0.05, 0.1) is 0 Å². The van der Waals surface area contributed by atoms with E-state index < -0.39 is 11.2 Å². The van der Waals surface area contributed by atoms with Crippen molar-refractivity contribution < 1.29 is 9.21 Å². The Balaban J connectivity index is 1.61. The molecular weight excluding hydrogens is 442 g/mol. The van der Waals surface area contributed by atoms with Crippen LogP contribution in [0.1, 0.15) is 16.7 Å². The van der Waals surface area contributed by atoms with Crippen LogP contribution in [0.15, 0.2) is 86.8 Å². The zero-order valence-electron chi connectivity index (χ0n) is 19.6. The van der Waals surface area contributed by atoms with E-state index in [1.165, 1.54) is 4.57 Å². The number of amides is 1. The van der Waals surface area contributed by atoms with Gasteiger partial charge in [0.25, 0.3) is 5.56 Å². The molecule has 0 bridgehead atoms. The number of carbonyl (C=O) groups is 1. The molecule has 35 heavy (non-hydrogen) atoms.